The molecule has 0 spiro atoms. The molecule has 7 nitrogen and oxygen atoms in total. The third-order valence-electron chi connectivity index (χ3n) is 9.35. The van der Waals surface area contributed by atoms with Crippen LogP contribution in [0.2, 0.25) is 40.9 Å². The van der Waals surface area contributed by atoms with Crippen LogP contribution in [0.4, 0.5) is 0 Å². The van der Waals surface area contributed by atoms with Crippen molar-refractivity contribution in [2.75, 3.05) is 0 Å². The molecular weight excluding hydrogens is 528 g/mol. The number of aliphatic carboxylic acids is 3. The van der Waals surface area contributed by atoms with Gasteiger partial charge in [0.15, 0.2) is 5.60 Å². The van der Waals surface area contributed by atoms with Crippen molar-refractivity contribution in [2.45, 2.75) is 172 Å². The van der Waals surface area contributed by atoms with Crippen LogP contribution in [0.25, 0.3) is 0 Å². The second-order valence-corrected chi connectivity index (χ2v) is 22.1. The van der Waals surface area contributed by atoms with Crippen LogP contribution in [-0.4, -0.2) is 60.1 Å². The molecule has 0 aliphatic carbocycles. The lowest BCUT2D eigenvalue weighted by molar-refractivity contribution is -0.173. The number of aliphatic hydroxyl groups is 1. The number of unbranched alkanes of at least 4 members (excludes halogenated alkanes) is 6. The molecule has 9 heteroatoms. The first-order valence-corrected chi connectivity index (χ1v) is 21.1. The minimum Gasteiger partial charge on any atom is -0.481 e. The summed E-state index contributed by atoms with van der Waals surface area (Å²) in [5, 5.41) is 45.0. The van der Waals surface area contributed by atoms with Crippen molar-refractivity contribution in [3.05, 3.63) is 0 Å². The van der Waals surface area contributed by atoms with E-state index >= 15 is 0 Å². The smallest absolute Gasteiger partial charge is 0.336 e. The first-order chi connectivity index (χ1) is 18.4. The van der Waals surface area contributed by atoms with Crippen LogP contribution in [0.3, 0.4) is 0 Å². The maximum absolute atomic E-state index is 14.3. The lowest BCUT2D eigenvalue weighted by Gasteiger charge is -2.62. The van der Waals surface area contributed by atoms with Crippen molar-refractivity contribution in [3.63, 3.8) is 0 Å². The molecule has 0 heterocycles. The minimum atomic E-state index is -3.18. The average Bonchev–Trinajstić information content (AvgIpc) is 2.89. The number of rotatable bonds is 25. The van der Waals surface area contributed by atoms with Crippen LogP contribution in [0, 0.1) is 0 Å². The summed E-state index contributed by atoms with van der Waals surface area (Å²) in [5.74, 6) is -4.31. The summed E-state index contributed by atoms with van der Waals surface area (Å²) in [6.45, 7) is 12.4. The largest absolute Gasteiger partial charge is 0.481 e. The van der Waals surface area contributed by atoms with Gasteiger partial charge >= 0.3 is 17.9 Å². The Morgan fingerprint density at radius 1 is 0.513 bits per heavy atom. The average molecular weight is 589 g/mol. The number of hydrogen-bond donors (Lipinski definition) is 4. The molecule has 0 saturated carbocycles. The Morgan fingerprint density at radius 2 is 0.769 bits per heavy atom. The maximum Gasteiger partial charge on any atom is 0.336 e. The van der Waals surface area contributed by atoms with Gasteiger partial charge in [-0.2, -0.15) is 0 Å². The summed E-state index contributed by atoms with van der Waals surface area (Å²) >= 11 is 0. The van der Waals surface area contributed by atoms with E-state index in [0.29, 0.717) is 36.3 Å². The van der Waals surface area contributed by atoms with Crippen molar-refractivity contribution in [1.82, 2.24) is 0 Å². The molecule has 0 rings (SSSR count). The summed E-state index contributed by atoms with van der Waals surface area (Å²) < 4.78 is -1.89. The van der Waals surface area contributed by atoms with Gasteiger partial charge in [0.25, 0.3) is 0 Å². The highest BCUT2D eigenvalue weighted by Gasteiger charge is 2.78. The molecule has 0 aromatic carbocycles. The second kappa shape index (κ2) is 18.3. The van der Waals surface area contributed by atoms with Gasteiger partial charge in [-0.1, -0.05) is 155 Å². The molecular formula is C30H60O7Si2. The zero-order valence-electron chi connectivity index (χ0n) is 25.9. The van der Waals surface area contributed by atoms with E-state index in [0.717, 1.165) is 77.0 Å². The third-order valence-corrected chi connectivity index (χ3v) is 24.8. The fourth-order valence-corrected chi connectivity index (χ4v) is 27.4. The molecule has 4 N–H and O–H groups in total. The van der Waals surface area contributed by atoms with Gasteiger partial charge in [-0.3, -0.25) is 9.59 Å². The molecule has 0 aliphatic heterocycles. The Labute approximate surface area is 240 Å². The first-order valence-electron chi connectivity index (χ1n) is 15.8. The topological polar surface area (TPSA) is 132 Å². The summed E-state index contributed by atoms with van der Waals surface area (Å²) in [4.78, 5) is 39.9. The lowest BCUT2D eigenvalue weighted by atomic mass is 9.94. The van der Waals surface area contributed by atoms with Gasteiger partial charge in [-0.25, -0.2) is 4.79 Å². The van der Waals surface area contributed by atoms with E-state index in [1.165, 1.54) is 0 Å². The van der Waals surface area contributed by atoms with Gasteiger partial charge in [0.2, 0.25) is 0 Å². The van der Waals surface area contributed by atoms with Gasteiger partial charge in [0, 0.05) is 0 Å². The highest BCUT2D eigenvalue weighted by Crippen LogP contribution is 2.65. The fraction of sp³-hybridized carbons (Fsp3) is 0.900. The Morgan fingerprint density at radius 3 is 0.923 bits per heavy atom. The molecule has 1 unspecified atom stereocenters. The quantitative estimate of drug-likeness (QED) is 0.0788. The van der Waals surface area contributed by atoms with Crippen LogP contribution >= 0.6 is 0 Å². The number of carboxylic acid groups (broad SMARTS) is 3. The highest BCUT2D eigenvalue weighted by atomic mass is 28.4. The normalized spacial score (nSPS) is 14.2. The summed E-state index contributed by atoms with van der Waals surface area (Å²) in [6, 6.07) is 3.77. The first kappa shape index (κ1) is 37.8. The van der Waals surface area contributed by atoms with E-state index < -0.39 is 50.7 Å². The molecule has 0 bridgehead atoms. The Bertz CT molecular complexity index is 667. The predicted molar refractivity (Wildman–Crippen MR) is 165 cm³/mol. The van der Waals surface area contributed by atoms with E-state index in [4.69, 9.17) is 0 Å². The van der Waals surface area contributed by atoms with E-state index in [1.807, 2.05) is 0 Å². The zero-order valence-corrected chi connectivity index (χ0v) is 27.9. The van der Waals surface area contributed by atoms with E-state index in [1.54, 1.807) is 0 Å². The molecule has 0 radical (unpaired) electrons. The minimum absolute atomic E-state index is 0.629. The molecule has 0 aliphatic rings. The van der Waals surface area contributed by atoms with Crippen LogP contribution in [0.1, 0.15) is 125 Å². The number of hydrogen-bond acceptors (Lipinski definition) is 4. The van der Waals surface area contributed by atoms with Gasteiger partial charge in [0.05, 0.1) is 27.2 Å². The van der Waals surface area contributed by atoms with E-state index in [9.17, 15) is 34.8 Å². The van der Waals surface area contributed by atoms with Crippen LogP contribution in [0.15, 0.2) is 0 Å². The van der Waals surface area contributed by atoms with Crippen LogP contribution in [-0.2, 0) is 14.4 Å². The van der Waals surface area contributed by atoms with Gasteiger partial charge in [0.1, 0.15) is 0 Å². The van der Waals surface area contributed by atoms with Crippen molar-refractivity contribution in [1.29, 1.82) is 0 Å². The summed E-state index contributed by atoms with van der Waals surface area (Å²) in [7, 11) is -6.37. The summed E-state index contributed by atoms with van der Waals surface area (Å²) in [6.07, 6.45) is 8.67. The second-order valence-electron chi connectivity index (χ2n) is 12.0. The molecule has 0 aromatic heterocycles. The third kappa shape index (κ3) is 8.41. The Balaban J connectivity index is 8.43. The summed E-state index contributed by atoms with van der Waals surface area (Å²) in [5.41, 5.74) is -2.84. The lowest BCUT2D eigenvalue weighted by Crippen LogP contribution is -2.77. The molecule has 230 valence electrons. The predicted octanol–water partition coefficient (Wildman–Crippen LogP) is 8.34. The maximum atomic E-state index is 14.3. The van der Waals surface area contributed by atoms with E-state index in [-0.39, 0.29) is 0 Å². The van der Waals surface area contributed by atoms with Crippen LogP contribution in [0.5, 0.6) is 0 Å². The Kier molecular flexibility index (Phi) is 17.7. The monoisotopic (exact) mass is 588 g/mol. The van der Waals surface area contributed by atoms with E-state index in [2.05, 4.69) is 41.5 Å². The zero-order chi connectivity index (χ0) is 30.2. The van der Waals surface area contributed by atoms with Crippen molar-refractivity contribution < 1.29 is 34.8 Å². The van der Waals surface area contributed by atoms with Crippen molar-refractivity contribution in [2.24, 2.45) is 0 Å². The highest BCUT2D eigenvalue weighted by molar-refractivity contribution is 7.06. The SMILES string of the molecule is CCCC[Si](CCCC)(CCCC)C(C(=O)O)(C(O)(CC(=O)O)C(=O)O)[Si](CCCC)(CCCC)CCCC. The molecule has 0 fully saturated rings. The van der Waals surface area contributed by atoms with Gasteiger partial charge in [-0.05, 0) is 0 Å². The van der Waals surface area contributed by atoms with Crippen molar-refractivity contribution >= 4 is 34.1 Å². The molecule has 0 saturated heterocycles. The molecule has 1 atom stereocenters. The number of carbonyl (C=O) groups is 3. The molecule has 0 aromatic rings. The molecule has 39 heavy (non-hydrogen) atoms. The molecule has 0 amide bonds. The van der Waals surface area contributed by atoms with Gasteiger partial charge < -0.3 is 20.4 Å². The van der Waals surface area contributed by atoms with Gasteiger partial charge in [-0.15, -0.1) is 0 Å². The standard InChI is InChI=1S/C30H60O7Si2/c1-7-13-19-38(20-14-8-2,21-15-9-3)30(28(35)36,29(37,27(33)34)25-26(31)32)39(22-16-10-4,23-17-11-5)24-18-12-6/h37H,7-25H2,1-6H3,(H,31,32)(H,33,34)(H,35,36). The van der Waals surface area contributed by atoms with Crippen LogP contribution < -0.4 is 0 Å². The van der Waals surface area contributed by atoms with Crippen molar-refractivity contribution in [3.8, 4) is 0 Å². The number of carboxylic acids is 3. The Hall–Kier alpha value is -1.20. The fourth-order valence-electron chi connectivity index (χ4n) is 7.62.